The van der Waals surface area contributed by atoms with Gasteiger partial charge in [0.05, 0.1) is 9.79 Å². The first-order valence-electron chi connectivity index (χ1n) is 5.84. The summed E-state index contributed by atoms with van der Waals surface area (Å²) in [6.07, 6.45) is 0. The van der Waals surface area contributed by atoms with Crippen molar-refractivity contribution in [2.45, 2.75) is 9.79 Å². The monoisotopic (exact) mass is 338 g/mol. The molecule has 0 N–H and O–H groups in total. The average Bonchev–Trinajstić information content (AvgIpc) is 2.70. The minimum Gasteiger partial charge on any atom is -0.744 e. The van der Waals surface area contributed by atoms with Crippen LogP contribution in [0.1, 0.15) is 15.9 Å². The zero-order chi connectivity index (χ0) is 16.3. The Kier molecular flexibility index (Phi) is 3.01. The third-order valence-corrected chi connectivity index (χ3v) is 5.00. The Morgan fingerprint density at radius 2 is 1.00 bits per heavy atom. The summed E-state index contributed by atoms with van der Waals surface area (Å²) >= 11 is 0. The zero-order valence-corrected chi connectivity index (χ0v) is 12.3. The Bertz CT molecular complexity index is 951. The molecule has 7 nitrogen and oxygen atoms in total. The molecular formula is C13H6O7S2-2. The van der Waals surface area contributed by atoms with Crippen LogP contribution in [0, 0.1) is 0 Å². The van der Waals surface area contributed by atoms with Gasteiger partial charge in [0, 0.05) is 11.1 Å². The second-order valence-electron chi connectivity index (χ2n) is 4.65. The van der Waals surface area contributed by atoms with Gasteiger partial charge in [0.1, 0.15) is 20.2 Å². The maximum absolute atomic E-state index is 12.3. The van der Waals surface area contributed by atoms with Crippen molar-refractivity contribution in [3.8, 4) is 11.1 Å². The normalized spacial score (nSPS) is 13.8. The van der Waals surface area contributed by atoms with Crippen LogP contribution >= 0.6 is 0 Å². The Morgan fingerprint density at radius 3 is 1.32 bits per heavy atom. The molecular weight excluding hydrogens is 332 g/mol. The Morgan fingerprint density at radius 1 is 0.636 bits per heavy atom. The molecule has 0 saturated heterocycles. The number of benzene rings is 2. The van der Waals surface area contributed by atoms with E-state index in [1.165, 1.54) is 12.1 Å². The minimum atomic E-state index is -4.71. The molecule has 22 heavy (non-hydrogen) atoms. The van der Waals surface area contributed by atoms with Gasteiger partial charge in [0.25, 0.3) is 0 Å². The molecule has 0 radical (unpaired) electrons. The van der Waals surface area contributed by atoms with Crippen LogP contribution in [0.5, 0.6) is 0 Å². The molecule has 1 aliphatic carbocycles. The van der Waals surface area contributed by atoms with Gasteiger partial charge in [-0.3, -0.25) is 4.79 Å². The van der Waals surface area contributed by atoms with Crippen LogP contribution in [0.2, 0.25) is 0 Å². The average molecular weight is 338 g/mol. The second-order valence-corrected chi connectivity index (χ2v) is 7.41. The Hall–Kier alpha value is -2.07. The van der Waals surface area contributed by atoms with E-state index < -0.39 is 35.8 Å². The molecule has 0 amide bonds. The van der Waals surface area contributed by atoms with E-state index >= 15 is 0 Å². The third-order valence-electron chi connectivity index (χ3n) is 3.34. The molecule has 0 spiro atoms. The van der Waals surface area contributed by atoms with E-state index in [1.54, 1.807) is 0 Å². The summed E-state index contributed by atoms with van der Waals surface area (Å²) < 4.78 is 66.1. The molecule has 9 heteroatoms. The van der Waals surface area contributed by atoms with Crippen LogP contribution in [0.25, 0.3) is 11.1 Å². The maximum atomic E-state index is 12.3. The minimum absolute atomic E-state index is 0.0210. The molecule has 2 aromatic rings. The summed E-state index contributed by atoms with van der Waals surface area (Å²) in [5, 5.41) is 0. The van der Waals surface area contributed by atoms with Crippen molar-refractivity contribution < 1.29 is 30.7 Å². The molecule has 0 fully saturated rings. The van der Waals surface area contributed by atoms with E-state index in [9.17, 15) is 30.7 Å². The molecule has 114 valence electrons. The van der Waals surface area contributed by atoms with Gasteiger partial charge < -0.3 is 9.11 Å². The molecule has 2 aromatic carbocycles. The second kappa shape index (κ2) is 4.46. The first-order valence-corrected chi connectivity index (χ1v) is 8.65. The standard InChI is InChI=1S/C13H8O7S2/c14-13-11-5-7(21(15,16)17)1-3-9(11)10-4-2-8(6-12(10)13)22(18,19)20/h1-6H,(H,15,16,17)(H,18,19,20)/p-2. The van der Waals surface area contributed by atoms with Crippen LogP contribution in [0.15, 0.2) is 46.2 Å². The first kappa shape index (κ1) is 14.9. The van der Waals surface area contributed by atoms with Gasteiger partial charge in [-0.2, -0.15) is 0 Å². The Labute approximate surface area is 125 Å². The molecule has 0 bridgehead atoms. The van der Waals surface area contributed by atoms with Crippen LogP contribution in [-0.2, 0) is 20.2 Å². The molecule has 3 rings (SSSR count). The lowest BCUT2D eigenvalue weighted by atomic mass is 10.1. The van der Waals surface area contributed by atoms with E-state index in [2.05, 4.69) is 0 Å². The van der Waals surface area contributed by atoms with Gasteiger partial charge in [0.15, 0.2) is 5.78 Å². The largest absolute Gasteiger partial charge is 0.744 e. The number of fused-ring (bicyclic) bond motifs is 3. The predicted octanol–water partition coefficient (Wildman–Crippen LogP) is 0.706. The summed E-state index contributed by atoms with van der Waals surface area (Å²) in [6, 6.07) is 6.64. The number of ketones is 1. The van der Waals surface area contributed by atoms with Gasteiger partial charge in [-0.1, -0.05) is 12.1 Å². The van der Waals surface area contributed by atoms with Gasteiger partial charge in [-0.25, -0.2) is 16.8 Å². The van der Waals surface area contributed by atoms with Crippen LogP contribution < -0.4 is 0 Å². The summed E-state index contributed by atoms with van der Waals surface area (Å²) in [6.45, 7) is 0. The van der Waals surface area contributed by atoms with Crippen molar-refractivity contribution in [2.24, 2.45) is 0 Å². The van der Waals surface area contributed by atoms with E-state index in [1.807, 2.05) is 0 Å². The summed E-state index contributed by atoms with van der Waals surface area (Å²) in [5.74, 6) is -0.638. The zero-order valence-electron chi connectivity index (χ0n) is 10.6. The van der Waals surface area contributed by atoms with Crippen molar-refractivity contribution in [3.05, 3.63) is 47.5 Å². The highest BCUT2D eigenvalue weighted by Crippen LogP contribution is 2.38. The number of carbonyl (C=O) groups is 1. The highest BCUT2D eigenvalue weighted by molar-refractivity contribution is 7.86. The van der Waals surface area contributed by atoms with Crippen molar-refractivity contribution in [1.82, 2.24) is 0 Å². The number of rotatable bonds is 2. The van der Waals surface area contributed by atoms with Crippen molar-refractivity contribution in [2.75, 3.05) is 0 Å². The maximum Gasteiger partial charge on any atom is 0.194 e. The van der Waals surface area contributed by atoms with Crippen molar-refractivity contribution in [1.29, 1.82) is 0 Å². The molecule has 0 aromatic heterocycles. The molecule has 0 heterocycles. The smallest absolute Gasteiger partial charge is 0.194 e. The lowest BCUT2D eigenvalue weighted by Crippen LogP contribution is -2.03. The fourth-order valence-corrected chi connectivity index (χ4v) is 3.34. The quantitative estimate of drug-likeness (QED) is 0.628. The fraction of sp³-hybridized carbons (Fsp3) is 0. The van der Waals surface area contributed by atoms with Gasteiger partial charge in [-0.05, 0) is 35.4 Å². The topological polar surface area (TPSA) is 131 Å². The number of carbonyl (C=O) groups excluding carboxylic acids is 1. The number of hydrogen-bond donors (Lipinski definition) is 0. The fourth-order valence-electron chi connectivity index (χ4n) is 2.35. The van der Waals surface area contributed by atoms with Crippen LogP contribution in [-0.4, -0.2) is 31.7 Å². The summed E-state index contributed by atoms with van der Waals surface area (Å²) in [4.78, 5) is 11.1. The lowest BCUT2D eigenvalue weighted by molar-refractivity contribution is 0.104. The summed E-state index contributed by atoms with van der Waals surface area (Å²) in [7, 11) is -9.43. The lowest BCUT2D eigenvalue weighted by Gasteiger charge is -2.09. The summed E-state index contributed by atoms with van der Waals surface area (Å²) in [5.41, 5.74) is 0.712. The van der Waals surface area contributed by atoms with E-state index in [-0.39, 0.29) is 11.1 Å². The highest BCUT2D eigenvalue weighted by atomic mass is 32.2. The van der Waals surface area contributed by atoms with E-state index in [0.717, 1.165) is 24.3 Å². The van der Waals surface area contributed by atoms with Crippen molar-refractivity contribution in [3.63, 3.8) is 0 Å². The predicted molar refractivity (Wildman–Crippen MR) is 71.2 cm³/mol. The van der Waals surface area contributed by atoms with Crippen molar-refractivity contribution >= 4 is 26.0 Å². The first-order chi connectivity index (χ1) is 10.1. The third kappa shape index (κ3) is 2.24. The molecule has 0 aliphatic heterocycles. The van der Waals surface area contributed by atoms with E-state index in [0.29, 0.717) is 11.1 Å². The van der Waals surface area contributed by atoms with Crippen LogP contribution in [0.3, 0.4) is 0 Å². The molecule has 0 atom stereocenters. The molecule has 1 aliphatic rings. The van der Waals surface area contributed by atoms with E-state index in [4.69, 9.17) is 0 Å². The highest BCUT2D eigenvalue weighted by Gasteiger charge is 2.28. The Balaban J connectivity index is 2.24. The van der Waals surface area contributed by atoms with Gasteiger partial charge >= 0.3 is 0 Å². The number of hydrogen-bond acceptors (Lipinski definition) is 7. The molecule has 0 saturated carbocycles. The van der Waals surface area contributed by atoms with Crippen LogP contribution in [0.4, 0.5) is 0 Å². The van der Waals surface area contributed by atoms with Gasteiger partial charge in [-0.15, -0.1) is 0 Å². The molecule has 0 unspecified atom stereocenters. The SMILES string of the molecule is O=C1c2cc(S(=O)(=O)[O-])ccc2-c2ccc(S(=O)(=O)[O-])cc21. The van der Waals surface area contributed by atoms with Gasteiger partial charge in [0.2, 0.25) is 0 Å².